The number of hydrogen-bond donors (Lipinski definition) is 1. The van der Waals surface area contributed by atoms with Crippen molar-refractivity contribution in [2.75, 3.05) is 19.8 Å². The molecule has 0 aliphatic carbocycles. The monoisotopic (exact) mass is 286 g/mol. The highest BCUT2D eigenvalue weighted by Crippen LogP contribution is 2.43. The minimum atomic E-state index is -1.38. The van der Waals surface area contributed by atoms with E-state index in [0.717, 1.165) is 0 Å². The smallest absolute Gasteiger partial charge is 0.339 e. The van der Waals surface area contributed by atoms with Crippen LogP contribution in [0.3, 0.4) is 0 Å². The van der Waals surface area contributed by atoms with Gasteiger partial charge in [0.15, 0.2) is 17.6 Å². The lowest BCUT2D eigenvalue weighted by molar-refractivity contribution is -0.153. The van der Waals surface area contributed by atoms with E-state index in [9.17, 15) is 9.90 Å². The number of aliphatic hydroxyl groups excluding tert-OH is 1. The average Bonchev–Trinajstić information content (AvgIpc) is 2.42. The van der Waals surface area contributed by atoms with Gasteiger partial charge in [0.05, 0.1) is 11.6 Å². The first-order valence-electron chi connectivity index (χ1n) is 5.99. The number of halogens is 1. The van der Waals surface area contributed by atoms with Gasteiger partial charge in [0.1, 0.15) is 13.2 Å². The third-order valence-corrected chi connectivity index (χ3v) is 3.14. The number of benzene rings is 1. The summed E-state index contributed by atoms with van der Waals surface area (Å²) in [5.41, 5.74) is 0.993. The van der Waals surface area contributed by atoms with Crippen LogP contribution in [0.1, 0.15) is 24.2 Å². The fraction of sp³-hybridized carbons (Fsp3) is 0.462. The Labute approximate surface area is 116 Å². The number of fused-ring (bicyclic) bond motifs is 1. The number of ether oxygens (including phenoxy) is 3. The Morgan fingerprint density at radius 2 is 2.11 bits per heavy atom. The SMILES string of the molecule is CCOC(=O)C(O)c1cc(Cl)c2c(c1C)OCCO2. The number of hydrogen-bond acceptors (Lipinski definition) is 5. The van der Waals surface area contributed by atoms with Gasteiger partial charge in [0.25, 0.3) is 0 Å². The summed E-state index contributed by atoms with van der Waals surface area (Å²) in [6.45, 7) is 4.44. The zero-order chi connectivity index (χ0) is 14.0. The van der Waals surface area contributed by atoms with Gasteiger partial charge in [-0.3, -0.25) is 0 Å². The summed E-state index contributed by atoms with van der Waals surface area (Å²) in [7, 11) is 0. The summed E-state index contributed by atoms with van der Waals surface area (Å²) in [4.78, 5) is 11.6. The lowest BCUT2D eigenvalue weighted by atomic mass is 10.0. The van der Waals surface area contributed by atoms with Crippen LogP contribution >= 0.6 is 11.6 Å². The van der Waals surface area contributed by atoms with Crippen molar-refractivity contribution in [3.05, 3.63) is 22.2 Å². The van der Waals surface area contributed by atoms with Gasteiger partial charge in [0.2, 0.25) is 0 Å². The first kappa shape index (κ1) is 14.0. The zero-order valence-electron chi connectivity index (χ0n) is 10.7. The molecular weight excluding hydrogens is 272 g/mol. The standard InChI is InChI=1S/C13H15ClO5/c1-3-17-13(16)10(15)8-6-9(14)12-11(7(8)2)18-4-5-19-12/h6,10,15H,3-5H2,1-2H3. The van der Waals surface area contributed by atoms with Crippen molar-refractivity contribution in [1.29, 1.82) is 0 Å². The number of aliphatic hydroxyl groups is 1. The molecule has 1 aliphatic rings. The molecule has 0 radical (unpaired) electrons. The average molecular weight is 287 g/mol. The number of rotatable bonds is 3. The second kappa shape index (κ2) is 5.67. The summed E-state index contributed by atoms with van der Waals surface area (Å²) in [6.07, 6.45) is -1.38. The van der Waals surface area contributed by atoms with E-state index in [-0.39, 0.29) is 6.61 Å². The van der Waals surface area contributed by atoms with Gasteiger partial charge in [0, 0.05) is 11.1 Å². The van der Waals surface area contributed by atoms with E-state index in [2.05, 4.69) is 0 Å². The van der Waals surface area contributed by atoms with Crippen molar-refractivity contribution < 1.29 is 24.1 Å². The predicted molar refractivity (Wildman–Crippen MR) is 68.8 cm³/mol. The van der Waals surface area contributed by atoms with Crippen LogP contribution in [0, 0.1) is 6.92 Å². The molecule has 1 N–H and O–H groups in total. The molecule has 104 valence electrons. The maximum absolute atomic E-state index is 11.6. The van der Waals surface area contributed by atoms with Crippen LogP contribution in [0.15, 0.2) is 6.07 Å². The minimum absolute atomic E-state index is 0.202. The third-order valence-electron chi connectivity index (χ3n) is 2.86. The number of carbonyl (C=O) groups is 1. The Morgan fingerprint density at radius 3 is 2.74 bits per heavy atom. The van der Waals surface area contributed by atoms with Crippen LogP contribution < -0.4 is 9.47 Å². The van der Waals surface area contributed by atoms with Crippen molar-refractivity contribution in [2.24, 2.45) is 0 Å². The summed E-state index contributed by atoms with van der Waals surface area (Å²) in [5, 5.41) is 10.3. The van der Waals surface area contributed by atoms with E-state index < -0.39 is 12.1 Å². The molecule has 1 aliphatic heterocycles. The van der Waals surface area contributed by atoms with E-state index in [1.807, 2.05) is 0 Å². The molecule has 1 aromatic rings. The number of esters is 1. The van der Waals surface area contributed by atoms with Crippen molar-refractivity contribution in [2.45, 2.75) is 20.0 Å². The van der Waals surface area contributed by atoms with Crippen molar-refractivity contribution >= 4 is 17.6 Å². The predicted octanol–water partition coefficient (Wildman–Crippen LogP) is 2.02. The Kier molecular flexibility index (Phi) is 4.17. The largest absolute Gasteiger partial charge is 0.486 e. The molecule has 0 aromatic heterocycles. The van der Waals surface area contributed by atoms with Gasteiger partial charge in [-0.2, -0.15) is 0 Å². The first-order valence-corrected chi connectivity index (χ1v) is 6.37. The van der Waals surface area contributed by atoms with Crippen LogP contribution in [0.2, 0.25) is 5.02 Å². The maximum atomic E-state index is 11.6. The Morgan fingerprint density at radius 1 is 1.47 bits per heavy atom. The molecule has 0 fully saturated rings. The van der Waals surface area contributed by atoms with Gasteiger partial charge in [-0.15, -0.1) is 0 Å². The molecule has 5 nitrogen and oxygen atoms in total. The molecule has 0 amide bonds. The third kappa shape index (κ3) is 2.62. The lowest BCUT2D eigenvalue weighted by Crippen LogP contribution is -2.20. The number of carbonyl (C=O) groups excluding carboxylic acids is 1. The normalized spacial score (nSPS) is 14.9. The van der Waals surface area contributed by atoms with Crippen LogP contribution in [0.5, 0.6) is 11.5 Å². The fourth-order valence-electron chi connectivity index (χ4n) is 1.95. The van der Waals surface area contributed by atoms with E-state index >= 15 is 0 Å². The molecule has 0 saturated carbocycles. The Bertz CT molecular complexity index is 500. The molecule has 1 unspecified atom stereocenters. The van der Waals surface area contributed by atoms with E-state index in [0.29, 0.717) is 40.9 Å². The van der Waals surface area contributed by atoms with Crippen LogP contribution in [-0.2, 0) is 9.53 Å². The van der Waals surface area contributed by atoms with Crippen LogP contribution in [0.4, 0.5) is 0 Å². The molecule has 1 heterocycles. The van der Waals surface area contributed by atoms with E-state index in [1.165, 1.54) is 6.07 Å². The van der Waals surface area contributed by atoms with Crippen LogP contribution in [-0.4, -0.2) is 30.9 Å². The molecule has 6 heteroatoms. The molecule has 2 rings (SSSR count). The van der Waals surface area contributed by atoms with Crippen molar-refractivity contribution in [3.8, 4) is 11.5 Å². The molecule has 0 bridgehead atoms. The summed E-state index contributed by atoms with van der Waals surface area (Å²) >= 11 is 6.08. The van der Waals surface area contributed by atoms with Crippen molar-refractivity contribution in [1.82, 2.24) is 0 Å². The second-order valence-corrected chi connectivity index (χ2v) is 4.49. The zero-order valence-corrected chi connectivity index (χ0v) is 11.5. The lowest BCUT2D eigenvalue weighted by Gasteiger charge is -2.24. The molecule has 1 atom stereocenters. The maximum Gasteiger partial charge on any atom is 0.339 e. The molecule has 0 spiro atoms. The highest BCUT2D eigenvalue weighted by atomic mass is 35.5. The first-order chi connectivity index (χ1) is 9.06. The second-order valence-electron chi connectivity index (χ2n) is 4.08. The van der Waals surface area contributed by atoms with E-state index in [4.69, 9.17) is 25.8 Å². The van der Waals surface area contributed by atoms with Gasteiger partial charge >= 0.3 is 5.97 Å². The summed E-state index contributed by atoms with van der Waals surface area (Å²) in [5.74, 6) is 0.209. The summed E-state index contributed by atoms with van der Waals surface area (Å²) in [6, 6.07) is 1.51. The quantitative estimate of drug-likeness (QED) is 0.861. The van der Waals surface area contributed by atoms with E-state index in [1.54, 1.807) is 13.8 Å². The molecule has 0 saturated heterocycles. The van der Waals surface area contributed by atoms with Crippen LogP contribution in [0.25, 0.3) is 0 Å². The van der Waals surface area contributed by atoms with Gasteiger partial charge in [-0.1, -0.05) is 11.6 Å². The fourth-order valence-corrected chi connectivity index (χ4v) is 2.21. The Hall–Kier alpha value is -1.46. The van der Waals surface area contributed by atoms with Crippen molar-refractivity contribution in [3.63, 3.8) is 0 Å². The minimum Gasteiger partial charge on any atom is -0.486 e. The van der Waals surface area contributed by atoms with Gasteiger partial charge < -0.3 is 19.3 Å². The molecule has 1 aromatic carbocycles. The summed E-state index contributed by atoms with van der Waals surface area (Å²) < 4.78 is 15.7. The highest BCUT2D eigenvalue weighted by Gasteiger charge is 2.27. The Balaban J connectivity index is 2.41. The van der Waals surface area contributed by atoms with Gasteiger partial charge in [-0.05, 0) is 19.9 Å². The highest BCUT2D eigenvalue weighted by molar-refractivity contribution is 6.32. The van der Waals surface area contributed by atoms with Gasteiger partial charge in [-0.25, -0.2) is 4.79 Å². The topological polar surface area (TPSA) is 65.0 Å². The molecule has 19 heavy (non-hydrogen) atoms. The molecular formula is C13H15ClO5.